The second-order valence-corrected chi connectivity index (χ2v) is 12.6. The Morgan fingerprint density at radius 2 is 1.91 bits per heavy atom. The van der Waals surface area contributed by atoms with Gasteiger partial charge in [-0.15, -0.1) is 0 Å². The molecule has 1 saturated heterocycles. The van der Waals surface area contributed by atoms with Crippen LogP contribution in [0.1, 0.15) is 33.6 Å². The summed E-state index contributed by atoms with van der Waals surface area (Å²) in [6, 6.07) is 10.1. The molecule has 1 fully saturated rings. The number of ether oxygens (including phenoxy) is 3. The van der Waals surface area contributed by atoms with E-state index in [1.54, 1.807) is 43.6 Å². The van der Waals surface area contributed by atoms with Gasteiger partial charge in [-0.2, -0.15) is 0 Å². The molecule has 1 aliphatic rings. The van der Waals surface area contributed by atoms with E-state index in [9.17, 15) is 9.90 Å². The lowest BCUT2D eigenvalue weighted by Crippen LogP contribution is -2.37. The largest absolute Gasteiger partial charge is 0.493 e. The molecular formula is C32H44ClN5O5. The molecule has 1 atom stereocenters. The van der Waals surface area contributed by atoms with Crippen molar-refractivity contribution in [2.45, 2.75) is 39.7 Å². The van der Waals surface area contributed by atoms with Gasteiger partial charge in [0.2, 0.25) is 0 Å². The normalized spacial score (nSPS) is 15.5. The smallest absolute Gasteiger partial charge is 0.319 e. The van der Waals surface area contributed by atoms with Crippen LogP contribution < -0.4 is 24.8 Å². The molecule has 0 saturated carbocycles. The third kappa shape index (κ3) is 9.86. The average Bonchev–Trinajstić information content (AvgIpc) is 3.15. The molecule has 2 heterocycles. The number of nitrogens with one attached hydrogen (secondary N) is 2. The van der Waals surface area contributed by atoms with Crippen molar-refractivity contribution in [2.24, 2.45) is 5.41 Å². The number of fused-ring (bicyclic) bond motifs is 1. The molecule has 11 heteroatoms. The van der Waals surface area contributed by atoms with Crippen LogP contribution in [0.15, 0.2) is 42.6 Å². The zero-order chi connectivity index (χ0) is 31.0. The van der Waals surface area contributed by atoms with Gasteiger partial charge in [0.15, 0.2) is 11.5 Å². The molecular weight excluding hydrogens is 570 g/mol. The fourth-order valence-electron chi connectivity index (χ4n) is 4.81. The van der Waals surface area contributed by atoms with Gasteiger partial charge >= 0.3 is 6.03 Å². The number of urea groups is 1. The minimum absolute atomic E-state index is 0.131. The van der Waals surface area contributed by atoms with Crippen molar-refractivity contribution in [3.05, 3.63) is 47.6 Å². The number of hydrogen-bond acceptors (Lipinski definition) is 8. The van der Waals surface area contributed by atoms with Gasteiger partial charge in [0, 0.05) is 49.9 Å². The Hall–Kier alpha value is -3.31. The van der Waals surface area contributed by atoms with Crippen LogP contribution in [0.5, 0.6) is 23.0 Å². The minimum Gasteiger partial charge on any atom is -0.493 e. The van der Waals surface area contributed by atoms with Gasteiger partial charge in [0.05, 0.1) is 23.3 Å². The van der Waals surface area contributed by atoms with E-state index in [1.165, 1.54) is 0 Å². The predicted molar refractivity (Wildman–Crippen MR) is 171 cm³/mol. The molecule has 1 unspecified atom stereocenters. The number of aliphatic hydroxyl groups is 1. The van der Waals surface area contributed by atoms with Crippen molar-refractivity contribution in [3.63, 3.8) is 0 Å². The molecule has 1 aromatic heterocycles. The van der Waals surface area contributed by atoms with Crippen LogP contribution in [-0.2, 0) is 0 Å². The summed E-state index contributed by atoms with van der Waals surface area (Å²) < 4.78 is 17.8. The number of carbonyl (C=O) groups is 1. The van der Waals surface area contributed by atoms with E-state index in [4.69, 9.17) is 25.8 Å². The number of likely N-dealkylation sites (N-methyl/N-ethyl adjacent to an activating group) is 1. The first-order valence-corrected chi connectivity index (χ1v) is 15.1. The van der Waals surface area contributed by atoms with Crippen LogP contribution in [0.4, 0.5) is 10.5 Å². The van der Waals surface area contributed by atoms with E-state index in [0.29, 0.717) is 52.3 Å². The molecule has 3 aromatic rings. The molecule has 4 rings (SSSR count). The van der Waals surface area contributed by atoms with Crippen LogP contribution in [0.3, 0.4) is 0 Å². The number of nitrogens with zero attached hydrogens (tertiary/aromatic N) is 3. The van der Waals surface area contributed by atoms with E-state index in [0.717, 1.165) is 44.4 Å². The van der Waals surface area contributed by atoms with Crippen molar-refractivity contribution >= 4 is 34.2 Å². The van der Waals surface area contributed by atoms with Gasteiger partial charge in [0.1, 0.15) is 24.2 Å². The Kier molecular flexibility index (Phi) is 11.3. The van der Waals surface area contributed by atoms with Gasteiger partial charge in [0.25, 0.3) is 0 Å². The van der Waals surface area contributed by atoms with Crippen LogP contribution in [0.25, 0.3) is 10.9 Å². The van der Waals surface area contributed by atoms with Crippen molar-refractivity contribution in [2.75, 3.05) is 65.3 Å². The predicted octanol–water partition coefficient (Wildman–Crippen LogP) is 5.62. The van der Waals surface area contributed by atoms with Gasteiger partial charge in [-0.3, -0.25) is 9.88 Å². The minimum atomic E-state index is -0.636. The molecule has 43 heavy (non-hydrogen) atoms. The van der Waals surface area contributed by atoms with E-state index in [-0.39, 0.29) is 18.1 Å². The number of β-amino-alcohol motifs (C(OH)–C–C–N with tert-alkyl or cyclic N) is 1. The molecule has 0 aliphatic carbocycles. The zero-order valence-corrected chi connectivity index (χ0v) is 26.5. The number of methoxy groups -OCH3 is 1. The maximum atomic E-state index is 12.3. The Labute approximate surface area is 259 Å². The third-order valence-electron chi connectivity index (χ3n) is 7.28. The quantitative estimate of drug-likeness (QED) is 0.256. The Morgan fingerprint density at radius 1 is 1.09 bits per heavy atom. The molecule has 0 bridgehead atoms. The first-order chi connectivity index (χ1) is 20.5. The Balaban J connectivity index is 1.40. The Morgan fingerprint density at radius 3 is 2.65 bits per heavy atom. The molecule has 2 aromatic carbocycles. The number of pyridine rings is 1. The lowest BCUT2D eigenvalue weighted by Gasteiger charge is -2.23. The summed E-state index contributed by atoms with van der Waals surface area (Å²) in [7, 11) is 3.69. The highest BCUT2D eigenvalue weighted by molar-refractivity contribution is 6.33. The van der Waals surface area contributed by atoms with Gasteiger partial charge in [-0.05, 0) is 62.7 Å². The van der Waals surface area contributed by atoms with E-state index < -0.39 is 6.10 Å². The van der Waals surface area contributed by atoms with Crippen molar-refractivity contribution in [1.82, 2.24) is 20.1 Å². The summed E-state index contributed by atoms with van der Waals surface area (Å²) >= 11 is 6.47. The second kappa shape index (κ2) is 14.9. The highest BCUT2D eigenvalue weighted by Gasteiger charge is 2.18. The number of anilines is 1. The van der Waals surface area contributed by atoms with Crippen LogP contribution in [-0.4, -0.2) is 92.1 Å². The summed E-state index contributed by atoms with van der Waals surface area (Å²) in [6.07, 6.45) is 2.96. The summed E-state index contributed by atoms with van der Waals surface area (Å²) in [6.45, 7) is 11.6. The van der Waals surface area contributed by atoms with Crippen LogP contribution in [0, 0.1) is 5.41 Å². The maximum Gasteiger partial charge on any atom is 0.319 e. The molecule has 10 nitrogen and oxygen atoms in total. The monoisotopic (exact) mass is 613 g/mol. The maximum absolute atomic E-state index is 12.3. The highest BCUT2D eigenvalue weighted by atomic mass is 35.5. The number of aliphatic hydroxyl groups excluding tert-OH is 1. The summed E-state index contributed by atoms with van der Waals surface area (Å²) in [4.78, 5) is 21.4. The average molecular weight is 614 g/mol. The molecule has 0 spiro atoms. The molecule has 234 valence electrons. The summed E-state index contributed by atoms with van der Waals surface area (Å²) in [5.74, 6) is 2.05. The van der Waals surface area contributed by atoms with Crippen molar-refractivity contribution in [3.8, 4) is 23.0 Å². The zero-order valence-electron chi connectivity index (χ0n) is 25.8. The number of carbonyl (C=O) groups excluding carboxylic acids is 1. The van der Waals surface area contributed by atoms with Crippen molar-refractivity contribution < 1.29 is 24.1 Å². The number of rotatable bonds is 11. The molecule has 3 N–H and O–H groups in total. The van der Waals surface area contributed by atoms with E-state index in [2.05, 4.69) is 53.2 Å². The lowest BCUT2D eigenvalue weighted by atomic mass is 9.92. The number of halogens is 1. The van der Waals surface area contributed by atoms with Gasteiger partial charge in [-0.25, -0.2) is 4.79 Å². The van der Waals surface area contributed by atoms with Gasteiger partial charge in [-0.1, -0.05) is 32.4 Å². The number of benzene rings is 2. The standard InChI is InChI=1S/C32H44ClN5O5/c1-32(2,3)10-12-35-31(40)36-26-8-7-23(17-25(26)33)43-28-9-11-34-27-19-30(29(41-5)18-24(27)28)42-21-22(39)20-38-14-6-13-37(4)15-16-38/h7-9,11,17-19,22,39H,6,10,12-16,20-21H2,1-5H3,(H2,35,36,40). The van der Waals surface area contributed by atoms with Gasteiger partial charge < -0.3 is 34.9 Å². The van der Waals surface area contributed by atoms with E-state index >= 15 is 0 Å². The lowest BCUT2D eigenvalue weighted by molar-refractivity contribution is 0.0686. The topological polar surface area (TPSA) is 108 Å². The number of amides is 2. The summed E-state index contributed by atoms with van der Waals surface area (Å²) in [5.41, 5.74) is 1.26. The first kappa shape index (κ1) is 32.6. The first-order valence-electron chi connectivity index (χ1n) is 14.7. The third-order valence-corrected chi connectivity index (χ3v) is 7.59. The fraction of sp³-hybridized carbons (Fsp3) is 0.500. The van der Waals surface area contributed by atoms with Crippen LogP contribution in [0.2, 0.25) is 5.02 Å². The number of hydrogen-bond donors (Lipinski definition) is 3. The highest BCUT2D eigenvalue weighted by Crippen LogP contribution is 2.38. The molecule has 1 aliphatic heterocycles. The summed E-state index contributed by atoms with van der Waals surface area (Å²) in [5, 5.41) is 17.4. The van der Waals surface area contributed by atoms with Crippen molar-refractivity contribution in [1.29, 1.82) is 0 Å². The Bertz CT molecular complexity index is 1380. The molecule has 0 radical (unpaired) electrons. The fourth-order valence-corrected chi connectivity index (χ4v) is 5.03. The SMILES string of the molecule is COc1cc2c(Oc3ccc(NC(=O)NCCC(C)(C)C)c(Cl)c3)ccnc2cc1OCC(O)CN1CCCN(C)CC1. The number of aromatic nitrogens is 1. The van der Waals surface area contributed by atoms with Crippen LogP contribution >= 0.6 is 11.6 Å². The molecule has 2 amide bonds. The van der Waals surface area contributed by atoms with E-state index in [1.807, 2.05) is 6.07 Å². The second-order valence-electron chi connectivity index (χ2n) is 12.2.